The van der Waals surface area contributed by atoms with Crippen molar-refractivity contribution in [3.8, 4) is 11.5 Å². The second-order valence-corrected chi connectivity index (χ2v) is 5.57. The molecule has 0 spiro atoms. The Morgan fingerprint density at radius 1 is 0.955 bits per heavy atom. The first kappa shape index (κ1) is 14.6. The zero-order chi connectivity index (χ0) is 15.4. The maximum absolute atomic E-state index is 5.37. The molecule has 3 rings (SSSR count). The highest BCUT2D eigenvalue weighted by atomic mass is 16.5. The standard InChI is InChI=1S/C19H22NO2/c1-21-18-8-7-15(13-19(18)22-2)9-11-20-12-10-16-5-3-4-6-17(16)14-20/h3-8,12-13H,9-11,14H2,1-2H3/q+1. The average molecular weight is 296 g/mol. The highest BCUT2D eigenvalue weighted by Gasteiger charge is 2.15. The molecule has 0 unspecified atom stereocenters. The lowest BCUT2D eigenvalue weighted by molar-refractivity contribution is -0.541. The second-order valence-electron chi connectivity index (χ2n) is 5.57. The first-order valence-corrected chi connectivity index (χ1v) is 7.65. The normalized spacial score (nSPS) is 13.3. The first-order valence-electron chi connectivity index (χ1n) is 7.65. The van der Waals surface area contributed by atoms with Gasteiger partial charge in [-0.05, 0) is 23.3 Å². The molecule has 1 aliphatic heterocycles. The third-order valence-electron chi connectivity index (χ3n) is 4.20. The summed E-state index contributed by atoms with van der Waals surface area (Å²) in [6.07, 6.45) is 4.34. The van der Waals surface area contributed by atoms with E-state index >= 15 is 0 Å². The average Bonchev–Trinajstić information content (AvgIpc) is 2.59. The van der Waals surface area contributed by atoms with Crippen LogP contribution >= 0.6 is 0 Å². The van der Waals surface area contributed by atoms with E-state index in [4.69, 9.17) is 9.47 Å². The van der Waals surface area contributed by atoms with Crippen molar-refractivity contribution < 1.29 is 14.0 Å². The monoisotopic (exact) mass is 296 g/mol. The summed E-state index contributed by atoms with van der Waals surface area (Å²) >= 11 is 0. The molecule has 0 aromatic heterocycles. The maximum Gasteiger partial charge on any atom is 0.168 e. The molecule has 1 heterocycles. The molecular weight excluding hydrogens is 274 g/mol. The van der Waals surface area contributed by atoms with E-state index in [0.717, 1.165) is 37.4 Å². The fraction of sp³-hybridized carbons (Fsp3) is 0.316. The Morgan fingerprint density at radius 3 is 2.50 bits per heavy atom. The molecule has 0 atom stereocenters. The minimum atomic E-state index is 0.782. The van der Waals surface area contributed by atoms with Crippen LogP contribution in [0.15, 0.2) is 42.5 Å². The predicted molar refractivity (Wildman–Crippen MR) is 88.3 cm³/mol. The molecule has 2 aromatic rings. The number of fused-ring (bicyclic) bond motifs is 1. The predicted octanol–water partition coefficient (Wildman–Crippen LogP) is 3.09. The summed E-state index contributed by atoms with van der Waals surface area (Å²) in [6, 6.07) is 14.8. The fourth-order valence-electron chi connectivity index (χ4n) is 2.90. The molecule has 3 heteroatoms. The van der Waals surface area contributed by atoms with Crippen molar-refractivity contribution in [3.63, 3.8) is 0 Å². The van der Waals surface area contributed by atoms with E-state index in [9.17, 15) is 0 Å². The van der Waals surface area contributed by atoms with Crippen LogP contribution in [0.4, 0.5) is 0 Å². The van der Waals surface area contributed by atoms with Crippen LogP contribution in [-0.4, -0.2) is 31.6 Å². The second kappa shape index (κ2) is 6.65. The van der Waals surface area contributed by atoms with Gasteiger partial charge >= 0.3 is 0 Å². The van der Waals surface area contributed by atoms with Gasteiger partial charge in [-0.3, -0.25) is 0 Å². The summed E-state index contributed by atoms with van der Waals surface area (Å²) in [7, 11) is 3.34. The molecule has 0 aliphatic carbocycles. The number of benzene rings is 2. The maximum atomic E-state index is 5.37. The van der Waals surface area contributed by atoms with Crippen molar-refractivity contribution in [1.82, 2.24) is 0 Å². The summed E-state index contributed by atoms with van der Waals surface area (Å²) in [4.78, 5) is 0. The van der Waals surface area contributed by atoms with Crippen LogP contribution < -0.4 is 9.47 Å². The Labute approximate surface area is 131 Å². The van der Waals surface area contributed by atoms with Crippen molar-refractivity contribution >= 4 is 6.21 Å². The smallest absolute Gasteiger partial charge is 0.168 e. The zero-order valence-electron chi connectivity index (χ0n) is 13.2. The molecule has 3 nitrogen and oxygen atoms in total. The topological polar surface area (TPSA) is 21.5 Å². The van der Waals surface area contributed by atoms with Gasteiger partial charge in [0.2, 0.25) is 0 Å². The number of rotatable bonds is 5. The van der Waals surface area contributed by atoms with E-state index in [0.29, 0.717) is 0 Å². The van der Waals surface area contributed by atoms with Crippen LogP contribution in [0.2, 0.25) is 0 Å². The van der Waals surface area contributed by atoms with Gasteiger partial charge in [-0.25, -0.2) is 4.58 Å². The molecule has 114 valence electrons. The molecule has 0 amide bonds. The molecule has 0 saturated carbocycles. The fourth-order valence-corrected chi connectivity index (χ4v) is 2.90. The lowest BCUT2D eigenvalue weighted by atomic mass is 10.0. The van der Waals surface area contributed by atoms with Crippen molar-refractivity contribution in [3.05, 3.63) is 59.2 Å². The van der Waals surface area contributed by atoms with E-state index in [1.165, 1.54) is 16.7 Å². The lowest BCUT2D eigenvalue weighted by Gasteiger charge is -2.13. The van der Waals surface area contributed by atoms with Crippen LogP contribution in [0.5, 0.6) is 11.5 Å². The van der Waals surface area contributed by atoms with E-state index < -0.39 is 0 Å². The molecule has 0 fully saturated rings. The summed E-state index contributed by atoms with van der Waals surface area (Å²) in [5.41, 5.74) is 4.16. The number of hydrogen-bond acceptors (Lipinski definition) is 2. The van der Waals surface area contributed by atoms with Crippen LogP contribution in [0.1, 0.15) is 16.7 Å². The van der Waals surface area contributed by atoms with Crippen LogP contribution in [0, 0.1) is 0 Å². The summed E-state index contributed by atoms with van der Waals surface area (Å²) in [5.74, 6) is 1.58. The van der Waals surface area contributed by atoms with E-state index in [1.54, 1.807) is 14.2 Å². The Kier molecular flexibility index (Phi) is 4.42. The molecule has 0 radical (unpaired) electrons. The molecule has 2 aromatic carbocycles. The largest absolute Gasteiger partial charge is 0.493 e. The lowest BCUT2D eigenvalue weighted by Crippen LogP contribution is -2.22. The van der Waals surface area contributed by atoms with Gasteiger partial charge in [-0.15, -0.1) is 0 Å². The number of ether oxygens (including phenoxy) is 2. The molecular formula is C19H22NO2+. The Morgan fingerprint density at radius 2 is 1.73 bits per heavy atom. The summed E-state index contributed by atoms with van der Waals surface area (Å²) in [6.45, 7) is 2.02. The van der Waals surface area contributed by atoms with Crippen molar-refractivity contribution in [2.45, 2.75) is 19.4 Å². The molecule has 0 bridgehead atoms. The Bertz CT molecular complexity index is 692. The SMILES string of the molecule is COc1ccc(CC[N+]2=CCc3ccccc3C2)cc1OC. The number of nitrogens with zero attached hydrogens (tertiary/aromatic N) is 1. The molecule has 0 saturated heterocycles. The minimum absolute atomic E-state index is 0.782. The Balaban J connectivity index is 1.65. The summed E-state index contributed by atoms with van der Waals surface area (Å²) < 4.78 is 13.1. The van der Waals surface area contributed by atoms with Gasteiger partial charge in [0.1, 0.15) is 12.8 Å². The quantitative estimate of drug-likeness (QED) is 0.791. The van der Waals surface area contributed by atoms with Crippen LogP contribution in [0.25, 0.3) is 0 Å². The zero-order valence-corrected chi connectivity index (χ0v) is 13.2. The molecule has 0 N–H and O–H groups in total. The molecule has 22 heavy (non-hydrogen) atoms. The van der Waals surface area contributed by atoms with Gasteiger partial charge in [0.25, 0.3) is 0 Å². The van der Waals surface area contributed by atoms with Crippen molar-refractivity contribution in [2.24, 2.45) is 0 Å². The van der Waals surface area contributed by atoms with Gasteiger partial charge in [-0.2, -0.15) is 0 Å². The van der Waals surface area contributed by atoms with Gasteiger partial charge in [-0.1, -0.05) is 30.3 Å². The van der Waals surface area contributed by atoms with Gasteiger partial charge in [0.15, 0.2) is 18.0 Å². The van der Waals surface area contributed by atoms with Crippen molar-refractivity contribution in [1.29, 1.82) is 0 Å². The van der Waals surface area contributed by atoms with Gasteiger partial charge < -0.3 is 9.47 Å². The number of methoxy groups -OCH3 is 2. The Hall–Kier alpha value is -2.29. The van der Waals surface area contributed by atoms with Crippen molar-refractivity contribution in [2.75, 3.05) is 20.8 Å². The highest BCUT2D eigenvalue weighted by Crippen LogP contribution is 2.27. The highest BCUT2D eigenvalue weighted by molar-refractivity contribution is 5.59. The molecule has 1 aliphatic rings. The minimum Gasteiger partial charge on any atom is -0.493 e. The number of hydrogen-bond donors (Lipinski definition) is 0. The van der Waals surface area contributed by atoms with Crippen LogP contribution in [-0.2, 0) is 19.4 Å². The van der Waals surface area contributed by atoms with E-state index in [2.05, 4.69) is 47.2 Å². The van der Waals surface area contributed by atoms with Gasteiger partial charge in [0.05, 0.1) is 20.6 Å². The summed E-state index contributed by atoms with van der Waals surface area (Å²) in [5, 5.41) is 0. The van der Waals surface area contributed by atoms with Crippen LogP contribution in [0.3, 0.4) is 0 Å². The third-order valence-corrected chi connectivity index (χ3v) is 4.20. The van der Waals surface area contributed by atoms with E-state index in [1.807, 2.05) is 6.07 Å². The van der Waals surface area contributed by atoms with Gasteiger partial charge in [0, 0.05) is 12.0 Å². The third kappa shape index (κ3) is 3.14. The van der Waals surface area contributed by atoms with E-state index in [-0.39, 0.29) is 0 Å². The first-order chi connectivity index (χ1) is 10.8.